The molecule has 4 rings (SSSR count). The van der Waals surface area contributed by atoms with Crippen molar-refractivity contribution in [3.05, 3.63) is 71.8 Å². The molecule has 2 fully saturated rings. The van der Waals surface area contributed by atoms with Crippen LogP contribution in [0.2, 0.25) is 0 Å². The van der Waals surface area contributed by atoms with Gasteiger partial charge in [0.15, 0.2) is 18.1 Å². The number of carbonyl (C=O) groups excluding carboxylic acids is 3. The van der Waals surface area contributed by atoms with E-state index in [-0.39, 0.29) is 11.1 Å². The number of methoxy groups -OCH3 is 1. The summed E-state index contributed by atoms with van der Waals surface area (Å²) in [6.45, 7) is 8.36. The summed E-state index contributed by atoms with van der Waals surface area (Å²) in [6.07, 6.45) is -5.45. The Bertz CT molecular complexity index is 1130. The van der Waals surface area contributed by atoms with E-state index in [4.69, 9.17) is 23.7 Å². The molecule has 2 aliphatic heterocycles. The molecule has 2 amide bonds. The second kappa shape index (κ2) is 11.1. The summed E-state index contributed by atoms with van der Waals surface area (Å²) >= 11 is 0. The fourth-order valence-electron chi connectivity index (χ4n) is 4.78. The van der Waals surface area contributed by atoms with Gasteiger partial charge in [0.05, 0.1) is 0 Å². The average molecular weight is 542 g/mol. The summed E-state index contributed by atoms with van der Waals surface area (Å²) in [7, 11) is 1.42. The van der Waals surface area contributed by atoms with Crippen LogP contribution in [0.5, 0.6) is 0 Å². The number of benzene rings is 2. The number of fused-ring (bicyclic) bond motifs is 1. The summed E-state index contributed by atoms with van der Waals surface area (Å²) < 4.78 is 28.9. The van der Waals surface area contributed by atoms with Gasteiger partial charge in [-0.25, -0.2) is 4.79 Å². The first kappa shape index (κ1) is 28.8. The minimum absolute atomic E-state index is 0.143. The zero-order chi connectivity index (χ0) is 28.5. The third kappa shape index (κ3) is 6.21. The number of hydrogen-bond acceptors (Lipinski definition) is 9. The lowest BCUT2D eigenvalue weighted by molar-refractivity contribution is -0.240. The molecular weight excluding hydrogens is 506 g/mol. The smallest absolute Gasteiger partial charge is 0.332 e. The molecule has 0 aromatic heterocycles. The van der Waals surface area contributed by atoms with Gasteiger partial charge in [-0.3, -0.25) is 14.5 Å². The average Bonchev–Trinajstić information content (AvgIpc) is 3.38. The molecule has 0 radical (unpaired) electrons. The minimum Gasteiger partial charge on any atom is -0.458 e. The summed E-state index contributed by atoms with van der Waals surface area (Å²) in [5.74, 6) is -3.58. The number of esters is 1. The molecule has 0 spiro atoms. The summed E-state index contributed by atoms with van der Waals surface area (Å²) in [5, 5.41) is 11.8. The fourth-order valence-corrected chi connectivity index (χ4v) is 4.78. The topological polar surface area (TPSA) is 121 Å². The monoisotopic (exact) mass is 541 g/mol. The molecule has 39 heavy (non-hydrogen) atoms. The number of hydrogen-bond donors (Lipinski definition) is 1. The van der Waals surface area contributed by atoms with Crippen molar-refractivity contribution in [3.63, 3.8) is 0 Å². The van der Waals surface area contributed by atoms with Crippen molar-refractivity contribution in [1.29, 1.82) is 0 Å². The Morgan fingerprint density at radius 3 is 1.85 bits per heavy atom. The van der Waals surface area contributed by atoms with Crippen molar-refractivity contribution >= 4 is 17.8 Å². The highest BCUT2D eigenvalue weighted by Crippen LogP contribution is 2.41. The molecule has 2 saturated heterocycles. The van der Waals surface area contributed by atoms with Crippen LogP contribution in [0.3, 0.4) is 0 Å². The van der Waals surface area contributed by atoms with Crippen molar-refractivity contribution in [1.82, 2.24) is 4.90 Å². The Morgan fingerprint density at radius 2 is 1.38 bits per heavy atom. The lowest BCUT2D eigenvalue weighted by atomic mass is 9.96. The number of imide groups is 1. The van der Waals surface area contributed by atoms with Gasteiger partial charge >= 0.3 is 5.97 Å². The zero-order valence-electron chi connectivity index (χ0n) is 22.9. The normalized spacial score (nSPS) is 25.4. The van der Waals surface area contributed by atoms with Gasteiger partial charge in [0.2, 0.25) is 0 Å². The van der Waals surface area contributed by atoms with Crippen LogP contribution in [0.25, 0.3) is 0 Å². The van der Waals surface area contributed by atoms with Gasteiger partial charge in [-0.2, -0.15) is 0 Å². The Kier molecular flexibility index (Phi) is 8.25. The van der Waals surface area contributed by atoms with Crippen LogP contribution in [0.4, 0.5) is 0 Å². The van der Waals surface area contributed by atoms with Gasteiger partial charge in [0.1, 0.15) is 30.0 Å². The van der Waals surface area contributed by atoms with Crippen molar-refractivity contribution in [2.45, 2.75) is 82.8 Å². The van der Waals surface area contributed by atoms with Gasteiger partial charge in [-0.05, 0) is 58.9 Å². The van der Waals surface area contributed by atoms with E-state index in [2.05, 4.69) is 0 Å². The second-order valence-corrected chi connectivity index (χ2v) is 11.0. The number of aliphatic hydroxyl groups is 1. The maximum Gasteiger partial charge on any atom is 0.332 e. The molecule has 2 aliphatic rings. The van der Waals surface area contributed by atoms with E-state index in [9.17, 15) is 19.5 Å². The molecular formula is C29H35NO9. The lowest BCUT2D eigenvalue weighted by Crippen LogP contribution is -2.60. The number of rotatable bonds is 7. The second-order valence-electron chi connectivity index (χ2n) is 11.0. The zero-order valence-corrected chi connectivity index (χ0v) is 22.9. The van der Waals surface area contributed by atoms with Gasteiger partial charge in [0.25, 0.3) is 11.8 Å². The number of carbonyl (C=O) groups is 3. The van der Waals surface area contributed by atoms with Crippen molar-refractivity contribution in [2.75, 3.05) is 7.11 Å². The van der Waals surface area contributed by atoms with E-state index < -0.39 is 65.9 Å². The predicted octanol–water partition coefficient (Wildman–Crippen LogP) is 2.93. The molecule has 6 atom stereocenters. The van der Waals surface area contributed by atoms with E-state index in [1.54, 1.807) is 71.0 Å². The van der Waals surface area contributed by atoms with Crippen LogP contribution in [-0.2, 0) is 28.5 Å². The van der Waals surface area contributed by atoms with E-state index >= 15 is 0 Å². The molecule has 0 bridgehead atoms. The van der Waals surface area contributed by atoms with Crippen LogP contribution >= 0.6 is 0 Å². The van der Waals surface area contributed by atoms with Crippen LogP contribution in [0.15, 0.2) is 60.7 Å². The standard InChI is InChI=1S/C29H35NO9/c1-28(2,3)39-26(34)19(20(31)21-22-23(27(35-6)36-21)38-29(4,5)37-22)30(24(32)17-13-9-7-10-14-17)25(33)18-15-11-8-12-16-18/h7-16,19-23,27,31H,1-6H3/t19?,20?,21-,22-,23-,27-/m1/s1. The fraction of sp³-hybridized carbons (Fsp3) is 0.483. The van der Waals surface area contributed by atoms with Crippen LogP contribution in [-0.4, -0.2) is 83.0 Å². The van der Waals surface area contributed by atoms with Crippen molar-refractivity contribution in [2.24, 2.45) is 0 Å². The van der Waals surface area contributed by atoms with Gasteiger partial charge in [0, 0.05) is 18.2 Å². The Morgan fingerprint density at radius 1 is 0.897 bits per heavy atom. The number of aliphatic hydroxyl groups excluding tert-OH is 1. The summed E-state index contributed by atoms with van der Waals surface area (Å²) in [6, 6.07) is 14.3. The van der Waals surface area contributed by atoms with E-state index in [0.29, 0.717) is 0 Å². The maximum absolute atomic E-state index is 13.9. The Balaban J connectivity index is 1.81. The molecule has 10 nitrogen and oxygen atoms in total. The number of amides is 2. The van der Waals surface area contributed by atoms with Crippen LogP contribution in [0, 0.1) is 0 Å². The largest absolute Gasteiger partial charge is 0.458 e. The number of ether oxygens (including phenoxy) is 5. The first-order valence-corrected chi connectivity index (χ1v) is 12.8. The first-order valence-electron chi connectivity index (χ1n) is 12.8. The van der Waals surface area contributed by atoms with Gasteiger partial charge in [-0.15, -0.1) is 0 Å². The molecule has 210 valence electrons. The molecule has 2 aromatic rings. The highest BCUT2D eigenvalue weighted by atomic mass is 16.8. The third-order valence-electron chi connectivity index (χ3n) is 6.34. The Hall–Kier alpha value is -3.15. The molecule has 1 N–H and O–H groups in total. The molecule has 0 saturated carbocycles. The Labute approximate surface area is 227 Å². The van der Waals surface area contributed by atoms with E-state index in [0.717, 1.165) is 4.90 Å². The van der Waals surface area contributed by atoms with E-state index in [1.165, 1.54) is 31.4 Å². The summed E-state index contributed by atoms with van der Waals surface area (Å²) in [4.78, 5) is 42.3. The predicted molar refractivity (Wildman–Crippen MR) is 139 cm³/mol. The SMILES string of the molecule is CO[C@@H]1O[C@H](C(O)C(C(=O)OC(C)(C)C)N(C(=O)c2ccccc2)C(=O)c2ccccc2)[C@H]2OC(C)(C)O[C@@H]12. The highest BCUT2D eigenvalue weighted by Gasteiger charge is 2.60. The van der Waals surface area contributed by atoms with Crippen molar-refractivity contribution < 1.29 is 43.2 Å². The maximum atomic E-state index is 13.9. The number of nitrogens with zero attached hydrogens (tertiary/aromatic N) is 1. The first-order chi connectivity index (χ1) is 18.3. The quantitative estimate of drug-likeness (QED) is 0.417. The molecule has 0 aliphatic carbocycles. The molecule has 2 unspecified atom stereocenters. The van der Waals surface area contributed by atoms with Crippen molar-refractivity contribution in [3.8, 4) is 0 Å². The minimum atomic E-state index is -1.79. The highest BCUT2D eigenvalue weighted by molar-refractivity contribution is 6.12. The van der Waals surface area contributed by atoms with E-state index in [1.807, 2.05) is 0 Å². The third-order valence-corrected chi connectivity index (χ3v) is 6.34. The van der Waals surface area contributed by atoms with Gasteiger partial charge in [-0.1, -0.05) is 36.4 Å². The molecule has 2 aromatic carbocycles. The molecule has 2 heterocycles. The lowest BCUT2D eigenvalue weighted by Gasteiger charge is -2.36. The van der Waals surface area contributed by atoms with Crippen LogP contribution < -0.4 is 0 Å². The molecule has 10 heteroatoms. The summed E-state index contributed by atoms with van der Waals surface area (Å²) in [5.41, 5.74) is -0.705. The van der Waals surface area contributed by atoms with Gasteiger partial charge < -0.3 is 28.8 Å². The van der Waals surface area contributed by atoms with Crippen LogP contribution in [0.1, 0.15) is 55.3 Å².